The first-order chi connectivity index (χ1) is 13.8. The number of ether oxygens (including phenoxy) is 4. The first kappa shape index (κ1) is 16.9. The van der Waals surface area contributed by atoms with Gasteiger partial charge in [-0.25, -0.2) is 4.79 Å². The SMILES string of the molecule is O=C(Nc1ccc2c(c1)OCO2)N1CCN(c2ccc3c(c2)OCCO3)CC1. The van der Waals surface area contributed by atoms with Crippen LogP contribution in [0, 0.1) is 0 Å². The van der Waals surface area contributed by atoms with Crippen molar-refractivity contribution in [2.75, 3.05) is 56.4 Å². The van der Waals surface area contributed by atoms with Crippen molar-refractivity contribution in [3.05, 3.63) is 36.4 Å². The van der Waals surface area contributed by atoms with E-state index in [0.717, 1.165) is 30.3 Å². The Hall–Kier alpha value is -3.29. The summed E-state index contributed by atoms with van der Waals surface area (Å²) in [5, 5.41) is 2.93. The fraction of sp³-hybridized carbons (Fsp3) is 0.350. The monoisotopic (exact) mass is 383 g/mol. The number of amides is 2. The number of carbonyl (C=O) groups excluding carboxylic acids is 1. The minimum Gasteiger partial charge on any atom is -0.486 e. The highest BCUT2D eigenvalue weighted by atomic mass is 16.7. The van der Waals surface area contributed by atoms with Gasteiger partial charge in [0, 0.05) is 49.7 Å². The van der Waals surface area contributed by atoms with Crippen LogP contribution in [0.1, 0.15) is 0 Å². The highest BCUT2D eigenvalue weighted by molar-refractivity contribution is 5.90. The third-order valence-corrected chi connectivity index (χ3v) is 5.08. The molecule has 5 rings (SSSR count). The van der Waals surface area contributed by atoms with Crippen molar-refractivity contribution in [1.82, 2.24) is 4.90 Å². The Balaban J connectivity index is 1.19. The Morgan fingerprint density at radius 2 is 1.46 bits per heavy atom. The summed E-state index contributed by atoms with van der Waals surface area (Å²) in [6.07, 6.45) is 0. The number of hydrogen-bond donors (Lipinski definition) is 1. The summed E-state index contributed by atoms with van der Waals surface area (Å²) in [6, 6.07) is 11.3. The van der Waals surface area contributed by atoms with Crippen LogP contribution in [0.15, 0.2) is 36.4 Å². The lowest BCUT2D eigenvalue weighted by Crippen LogP contribution is -2.50. The number of nitrogens with one attached hydrogen (secondary N) is 1. The highest BCUT2D eigenvalue weighted by Crippen LogP contribution is 2.35. The Labute approximate surface area is 162 Å². The van der Waals surface area contributed by atoms with Gasteiger partial charge in [-0.1, -0.05) is 0 Å². The second kappa shape index (κ2) is 7.03. The molecular formula is C20H21N3O5. The molecule has 0 spiro atoms. The Bertz CT molecular complexity index is 895. The fourth-order valence-corrected chi connectivity index (χ4v) is 3.57. The van der Waals surface area contributed by atoms with Crippen molar-refractivity contribution in [3.63, 3.8) is 0 Å². The van der Waals surface area contributed by atoms with Gasteiger partial charge in [-0.15, -0.1) is 0 Å². The zero-order chi connectivity index (χ0) is 18.9. The number of anilines is 2. The van der Waals surface area contributed by atoms with E-state index < -0.39 is 0 Å². The predicted molar refractivity (Wildman–Crippen MR) is 103 cm³/mol. The average molecular weight is 383 g/mol. The number of piperazine rings is 1. The molecule has 3 aliphatic heterocycles. The molecule has 0 atom stereocenters. The fourth-order valence-electron chi connectivity index (χ4n) is 3.57. The van der Waals surface area contributed by atoms with E-state index in [1.165, 1.54) is 0 Å². The first-order valence-electron chi connectivity index (χ1n) is 9.36. The van der Waals surface area contributed by atoms with Gasteiger partial charge in [0.2, 0.25) is 6.79 Å². The third-order valence-electron chi connectivity index (χ3n) is 5.08. The van der Waals surface area contributed by atoms with Crippen LogP contribution in [-0.2, 0) is 0 Å². The van der Waals surface area contributed by atoms with E-state index in [1.807, 2.05) is 29.2 Å². The number of benzene rings is 2. The molecule has 28 heavy (non-hydrogen) atoms. The molecule has 3 aliphatic rings. The lowest BCUT2D eigenvalue weighted by Gasteiger charge is -2.36. The summed E-state index contributed by atoms with van der Waals surface area (Å²) in [5.74, 6) is 2.93. The van der Waals surface area contributed by atoms with Crippen LogP contribution in [0.2, 0.25) is 0 Å². The van der Waals surface area contributed by atoms with Crippen molar-refractivity contribution in [1.29, 1.82) is 0 Å². The minimum atomic E-state index is -0.110. The highest BCUT2D eigenvalue weighted by Gasteiger charge is 2.23. The van der Waals surface area contributed by atoms with Crippen molar-refractivity contribution >= 4 is 17.4 Å². The molecule has 146 valence electrons. The number of hydrogen-bond acceptors (Lipinski definition) is 6. The maximum Gasteiger partial charge on any atom is 0.321 e. The zero-order valence-corrected chi connectivity index (χ0v) is 15.3. The normalized spacial score (nSPS) is 17.4. The smallest absolute Gasteiger partial charge is 0.321 e. The van der Waals surface area contributed by atoms with Crippen molar-refractivity contribution in [2.24, 2.45) is 0 Å². The molecule has 0 saturated carbocycles. The largest absolute Gasteiger partial charge is 0.486 e. The van der Waals surface area contributed by atoms with E-state index in [0.29, 0.717) is 43.5 Å². The molecule has 0 unspecified atom stereocenters. The molecule has 1 fully saturated rings. The quantitative estimate of drug-likeness (QED) is 0.859. The molecule has 8 heteroatoms. The number of rotatable bonds is 2. The van der Waals surface area contributed by atoms with Crippen LogP contribution in [-0.4, -0.2) is 57.1 Å². The molecule has 0 aliphatic carbocycles. The van der Waals surface area contributed by atoms with Gasteiger partial charge in [0.05, 0.1) is 0 Å². The molecule has 8 nitrogen and oxygen atoms in total. The molecule has 3 heterocycles. The van der Waals surface area contributed by atoms with Gasteiger partial charge in [-0.05, 0) is 24.3 Å². The van der Waals surface area contributed by atoms with Crippen LogP contribution in [0.25, 0.3) is 0 Å². The number of urea groups is 1. The summed E-state index contributed by atoms with van der Waals surface area (Å²) in [4.78, 5) is 16.7. The van der Waals surface area contributed by atoms with Crippen LogP contribution >= 0.6 is 0 Å². The molecule has 1 N–H and O–H groups in total. The summed E-state index contributed by atoms with van der Waals surface area (Å²) in [7, 11) is 0. The molecular weight excluding hydrogens is 362 g/mol. The second-order valence-corrected chi connectivity index (χ2v) is 6.80. The van der Waals surface area contributed by atoms with E-state index >= 15 is 0 Å². The Morgan fingerprint density at radius 1 is 0.786 bits per heavy atom. The predicted octanol–water partition coefficient (Wildman–Crippen LogP) is 2.54. The second-order valence-electron chi connectivity index (χ2n) is 6.80. The third kappa shape index (κ3) is 3.21. The number of fused-ring (bicyclic) bond motifs is 2. The van der Waals surface area contributed by atoms with Gasteiger partial charge >= 0.3 is 6.03 Å². The molecule has 2 aromatic rings. The minimum absolute atomic E-state index is 0.110. The van der Waals surface area contributed by atoms with Gasteiger partial charge in [0.15, 0.2) is 23.0 Å². The van der Waals surface area contributed by atoms with Crippen molar-refractivity contribution in [2.45, 2.75) is 0 Å². The van der Waals surface area contributed by atoms with Gasteiger partial charge in [0.25, 0.3) is 0 Å². The molecule has 0 bridgehead atoms. The van der Waals surface area contributed by atoms with Gasteiger partial charge in [0.1, 0.15) is 13.2 Å². The Kier molecular flexibility index (Phi) is 4.23. The van der Waals surface area contributed by atoms with Gasteiger partial charge in [-0.3, -0.25) is 0 Å². The average Bonchev–Trinajstić information content (AvgIpc) is 3.21. The zero-order valence-electron chi connectivity index (χ0n) is 15.3. The maximum absolute atomic E-state index is 12.6. The molecule has 1 saturated heterocycles. The summed E-state index contributed by atoms with van der Waals surface area (Å²) < 4.78 is 21.9. The molecule has 0 radical (unpaired) electrons. The van der Waals surface area contributed by atoms with Crippen molar-refractivity contribution < 1.29 is 23.7 Å². The molecule has 2 amide bonds. The maximum atomic E-state index is 12.6. The van der Waals surface area contributed by atoms with E-state index in [9.17, 15) is 4.79 Å². The van der Waals surface area contributed by atoms with Crippen molar-refractivity contribution in [3.8, 4) is 23.0 Å². The summed E-state index contributed by atoms with van der Waals surface area (Å²) >= 11 is 0. The van der Waals surface area contributed by atoms with E-state index in [4.69, 9.17) is 18.9 Å². The molecule has 2 aromatic carbocycles. The van der Waals surface area contributed by atoms with Crippen LogP contribution in [0.4, 0.5) is 16.2 Å². The van der Waals surface area contributed by atoms with Gasteiger partial charge < -0.3 is 34.1 Å². The van der Waals surface area contributed by atoms with E-state index in [1.54, 1.807) is 12.1 Å². The lowest BCUT2D eigenvalue weighted by molar-refractivity contribution is 0.171. The van der Waals surface area contributed by atoms with Crippen LogP contribution in [0.3, 0.4) is 0 Å². The van der Waals surface area contributed by atoms with Crippen LogP contribution in [0.5, 0.6) is 23.0 Å². The number of carbonyl (C=O) groups is 1. The van der Waals surface area contributed by atoms with Gasteiger partial charge in [-0.2, -0.15) is 0 Å². The summed E-state index contributed by atoms with van der Waals surface area (Å²) in [6.45, 7) is 4.18. The standard InChI is InChI=1S/C20H21N3O5/c24-20(21-14-1-3-17-18(11-14)28-13-27-17)23-7-5-22(6-8-23)15-2-4-16-19(12-15)26-10-9-25-16/h1-4,11-12H,5-10,13H2,(H,21,24). The topological polar surface area (TPSA) is 72.5 Å². The molecule has 0 aromatic heterocycles. The Morgan fingerprint density at radius 3 is 2.32 bits per heavy atom. The lowest BCUT2D eigenvalue weighted by atomic mass is 10.2. The first-order valence-corrected chi connectivity index (χ1v) is 9.36. The number of nitrogens with zero attached hydrogens (tertiary/aromatic N) is 2. The van der Waals surface area contributed by atoms with Crippen LogP contribution < -0.4 is 29.2 Å². The van der Waals surface area contributed by atoms with E-state index in [-0.39, 0.29) is 12.8 Å². The van der Waals surface area contributed by atoms with E-state index in [2.05, 4.69) is 10.2 Å². The summed E-state index contributed by atoms with van der Waals surface area (Å²) in [5.41, 5.74) is 1.78.